The number of rotatable bonds is 5. The van der Waals surface area contributed by atoms with Crippen LogP contribution in [0.5, 0.6) is 0 Å². The molecule has 116 valence electrons. The van der Waals surface area contributed by atoms with Crippen molar-refractivity contribution in [1.29, 1.82) is 0 Å². The first-order valence-corrected chi connectivity index (χ1v) is 5.97. The third-order valence-electron chi connectivity index (χ3n) is 2.25. The van der Waals surface area contributed by atoms with Gasteiger partial charge in [0, 0.05) is 0 Å². The van der Waals surface area contributed by atoms with Crippen LogP contribution in [-0.2, 0) is 4.79 Å². The molecule has 0 unspecified atom stereocenters. The number of nitrogens with zero attached hydrogens (tertiary/aromatic N) is 2. The third kappa shape index (κ3) is 4.85. The van der Waals surface area contributed by atoms with Gasteiger partial charge in [-0.2, -0.15) is 13.2 Å². The number of anilines is 1. The van der Waals surface area contributed by atoms with Gasteiger partial charge in [0.25, 0.3) is 5.69 Å². The summed E-state index contributed by atoms with van der Waals surface area (Å²) in [6, 6.07) is 1.16. The third-order valence-corrected chi connectivity index (χ3v) is 2.86. The van der Waals surface area contributed by atoms with Crippen LogP contribution in [0.1, 0.15) is 0 Å². The lowest BCUT2D eigenvalue weighted by molar-refractivity contribution is -0.384. The topological polar surface area (TPSA) is 83.7 Å². The van der Waals surface area contributed by atoms with Crippen molar-refractivity contribution >= 4 is 33.3 Å². The second-order valence-electron chi connectivity index (χ2n) is 3.88. The molecule has 1 N–H and O–H groups in total. The number of carbonyl (C=O) groups is 1. The van der Waals surface area contributed by atoms with E-state index >= 15 is 0 Å². The van der Waals surface area contributed by atoms with Gasteiger partial charge in [0.2, 0.25) is 0 Å². The Hall–Kier alpha value is -1.91. The van der Waals surface area contributed by atoms with Gasteiger partial charge in [0.05, 0.1) is 15.5 Å². The molecule has 11 heteroatoms. The highest BCUT2D eigenvalue weighted by Crippen LogP contribution is 2.34. The Morgan fingerprint density at radius 3 is 2.43 bits per heavy atom. The molecule has 0 saturated heterocycles. The van der Waals surface area contributed by atoms with E-state index in [4.69, 9.17) is 5.11 Å². The van der Waals surface area contributed by atoms with Crippen molar-refractivity contribution in [2.24, 2.45) is 0 Å². The highest BCUT2D eigenvalue weighted by atomic mass is 79.9. The van der Waals surface area contributed by atoms with E-state index in [2.05, 4.69) is 15.9 Å². The molecule has 0 fully saturated rings. The van der Waals surface area contributed by atoms with Crippen molar-refractivity contribution in [3.05, 3.63) is 32.5 Å². The maximum atomic E-state index is 13.3. The summed E-state index contributed by atoms with van der Waals surface area (Å²) < 4.78 is 50.3. The normalized spacial score (nSPS) is 11.3. The Balaban J connectivity index is 3.38. The zero-order valence-electron chi connectivity index (χ0n) is 10.0. The molecule has 0 heterocycles. The fourth-order valence-corrected chi connectivity index (χ4v) is 1.86. The molecule has 0 aliphatic rings. The summed E-state index contributed by atoms with van der Waals surface area (Å²) >= 11 is 2.69. The van der Waals surface area contributed by atoms with Crippen LogP contribution in [0, 0.1) is 15.9 Å². The Bertz CT molecular complexity index is 579. The average Bonchev–Trinajstić information content (AvgIpc) is 2.28. The van der Waals surface area contributed by atoms with E-state index in [0.717, 1.165) is 6.07 Å². The molecule has 1 rings (SSSR count). The molecule has 0 aliphatic heterocycles. The summed E-state index contributed by atoms with van der Waals surface area (Å²) in [6.45, 7) is -2.85. The van der Waals surface area contributed by atoms with Crippen LogP contribution in [0.15, 0.2) is 16.6 Å². The number of carboxylic acid groups (broad SMARTS) is 1. The predicted molar refractivity (Wildman–Crippen MR) is 66.7 cm³/mol. The molecule has 1 aromatic carbocycles. The van der Waals surface area contributed by atoms with Crippen LogP contribution in [0.4, 0.5) is 28.9 Å². The maximum absolute atomic E-state index is 13.3. The van der Waals surface area contributed by atoms with Crippen LogP contribution >= 0.6 is 15.9 Å². The number of aliphatic carboxylic acids is 1. The van der Waals surface area contributed by atoms with Crippen molar-refractivity contribution in [3.8, 4) is 0 Å². The van der Waals surface area contributed by atoms with Crippen LogP contribution < -0.4 is 4.90 Å². The minimum absolute atomic E-state index is 0.241. The van der Waals surface area contributed by atoms with E-state index in [1.165, 1.54) is 0 Å². The number of alkyl halides is 3. The Morgan fingerprint density at radius 1 is 1.43 bits per heavy atom. The zero-order chi connectivity index (χ0) is 16.4. The number of nitro groups is 1. The molecule has 0 aliphatic carbocycles. The highest BCUT2D eigenvalue weighted by molar-refractivity contribution is 9.10. The first-order valence-electron chi connectivity index (χ1n) is 5.18. The number of hydrogen-bond donors (Lipinski definition) is 1. The van der Waals surface area contributed by atoms with E-state index < -0.39 is 47.4 Å². The second-order valence-corrected chi connectivity index (χ2v) is 4.73. The number of hydrogen-bond acceptors (Lipinski definition) is 4. The average molecular weight is 375 g/mol. The van der Waals surface area contributed by atoms with E-state index in [1.54, 1.807) is 0 Å². The fraction of sp³-hybridized carbons (Fsp3) is 0.300. The molecule has 6 nitrogen and oxygen atoms in total. The Kier molecular flexibility index (Phi) is 5.10. The molecule has 21 heavy (non-hydrogen) atoms. The molecular formula is C10H7BrF4N2O4. The van der Waals surface area contributed by atoms with Gasteiger partial charge in [0.15, 0.2) is 0 Å². The highest BCUT2D eigenvalue weighted by Gasteiger charge is 2.34. The number of halogens is 5. The quantitative estimate of drug-likeness (QED) is 0.486. The maximum Gasteiger partial charge on any atom is 0.405 e. The van der Waals surface area contributed by atoms with Crippen molar-refractivity contribution < 1.29 is 32.4 Å². The minimum atomic E-state index is -4.79. The molecule has 0 aromatic heterocycles. The van der Waals surface area contributed by atoms with Crippen LogP contribution in [0.2, 0.25) is 0 Å². The van der Waals surface area contributed by atoms with Crippen LogP contribution in [0.25, 0.3) is 0 Å². The van der Waals surface area contributed by atoms with Crippen molar-refractivity contribution in [3.63, 3.8) is 0 Å². The standard InChI is InChI=1S/C10H7BrF4N2O4/c11-5-1-7(8(17(20)21)2-6(5)12)16(3-9(18)19)4-10(13,14)15/h1-2H,3-4H2,(H,18,19). The van der Waals surface area contributed by atoms with Crippen molar-refractivity contribution in [1.82, 2.24) is 0 Å². The van der Waals surface area contributed by atoms with E-state index in [-0.39, 0.29) is 9.37 Å². The lowest BCUT2D eigenvalue weighted by Crippen LogP contribution is -2.38. The van der Waals surface area contributed by atoms with E-state index in [0.29, 0.717) is 6.07 Å². The van der Waals surface area contributed by atoms with Crippen molar-refractivity contribution in [2.45, 2.75) is 6.18 Å². The van der Waals surface area contributed by atoms with Gasteiger partial charge in [-0.1, -0.05) is 0 Å². The molecule has 0 saturated carbocycles. The first-order chi connectivity index (χ1) is 9.51. The van der Waals surface area contributed by atoms with E-state index in [9.17, 15) is 32.5 Å². The molecule has 0 spiro atoms. The zero-order valence-corrected chi connectivity index (χ0v) is 11.6. The number of benzene rings is 1. The number of carboxylic acids is 1. The van der Waals surface area contributed by atoms with E-state index in [1.807, 2.05) is 0 Å². The van der Waals surface area contributed by atoms with Crippen molar-refractivity contribution in [2.75, 3.05) is 18.0 Å². The van der Waals surface area contributed by atoms with Gasteiger partial charge < -0.3 is 10.0 Å². The van der Waals surface area contributed by atoms with Crippen LogP contribution in [0.3, 0.4) is 0 Å². The van der Waals surface area contributed by atoms with Gasteiger partial charge in [-0.05, 0) is 22.0 Å². The van der Waals surface area contributed by atoms with Gasteiger partial charge in [-0.15, -0.1) is 0 Å². The summed E-state index contributed by atoms with van der Waals surface area (Å²) in [6.07, 6.45) is -4.79. The summed E-state index contributed by atoms with van der Waals surface area (Å²) in [7, 11) is 0. The lowest BCUT2D eigenvalue weighted by Gasteiger charge is -2.24. The van der Waals surface area contributed by atoms with Gasteiger partial charge in [0.1, 0.15) is 24.6 Å². The summed E-state index contributed by atoms with van der Waals surface area (Å²) in [5, 5.41) is 19.4. The Morgan fingerprint density at radius 2 is 2.00 bits per heavy atom. The molecule has 0 radical (unpaired) electrons. The lowest BCUT2D eigenvalue weighted by atomic mass is 10.2. The van der Waals surface area contributed by atoms with Gasteiger partial charge >= 0.3 is 12.1 Å². The molecule has 0 amide bonds. The summed E-state index contributed by atoms with van der Waals surface area (Å²) in [4.78, 5) is 20.6. The molecule has 1 aromatic rings. The molecular weight excluding hydrogens is 368 g/mol. The minimum Gasteiger partial charge on any atom is -0.480 e. The monoisotopic (exact) mass is 374 g/mol. The predicted octanol–water partition coefficient (Wildman–Crippen LogP) is 2.95. The first kappa shape index (κ1) is 17.1. The summed E-state index contributed by atoms with van der Waals surface area (Å²) in [5.41, 5.74) is -1.60. The molecule has 0 bridgehead atoms. The second kappa shape index (κ2) is 6.24. The van der Waals surface area contributed by atoms with Crippen LogP contribution in [-0.4, -0.2) is 35.3 Å². The fourth-order valence-electron chi connectivity index (χ4n) is 1.53. The van der Waals surface area contributed by atoms with Gasteiger partial charge in [-0.3, -0.25) is 14.9 Å². The summed E-state index contributed by atoms with van der Waals surface area (Å²) in [5.74, 6) is -2.67. The number of nitro benzene ring substituents is 1. The largest absolute Gasteiger partial charge is 0.480 e. The SMILES string of the molecule is O=C(O)CN(CC(F)(F)F)c1cc(Br)c(F)cc1[N+](=O)[O-]. The smallest absolute Gasteiger partial charge is 0.405 e. The van der Waals surface area contributed by atoms with Gasteiger partial charge in [-0.25, -0.2) is 4.39 Å². The Labute approximate surface area is 123 Å². The molecule has 0 atom stereocenters.